The van der Waals surface area contributed by atoms with Crippen molar-refractivity contribution in [1.29, 1.82) is 0 Å². The Kier molecular flexibility index (Phi) is 5.49. The number of aryl methyl sites for hydroxylation is 1. The van der Waals surface area contributed by atoms with Crippen LogP contribution in [0.3, 0.4) is 0 Å². The molecule has 0 radical (unpaired) electrons. The molecule has 132 valence electrons. The van der Waals surface area contributed by atoms with Gasteiger partial charge in [0.2, 0.25) is 5.91 Å². The zero-order valence-electron chi connectivity index (χ0n) is 15.2. The summed E-state index contributed by atoms with van der Waals surface area (Å²) in [4.78, 5) is 19.9. The predicted molar refractivity (Wildman–Crippen MR) is 100 cm³/mol. The molecule has 0 spiro atoms. The number of likely N-dealkylation sites (tertiary alicyclic amines) is 1. The SMILES string of the molecule is CCc1ccc(CNC(=O)C2(c3ccccc3)CCN(C)CC2)nc1. The monoisotopic (exact) mass is 337 g/mol. The van der Waals surface area contributed by atoms with Crippen molar-refractivity contribution in [2.45, 2.75) is 38.1 Å². The number of hydrogen-bond acceptors (Lipinski definition) is 3. The van der Waals surface area contributed by atoms with Crippen LogP contribution in [0.15, 0.2) is 48.7 Å². The van der Waals surface area contributed by atoms with E-state index in [4.69, 9.17) is 0 Å². The molecule has 2 heterocycles. The standard InChI is InChI=1S/C21H27N3O/c1-3-17-9-10-19(22-15-17)16-23-20(25)21(11-13-24(2)14-12-21)18-7-5-4-6-8-18/h4-10,15H,3,11-14,16H2,1-2H3,(H,23,25). The van der Waals surface area contributed by atoms with Gasteiger partial charge in [0, 0.05) is 6.20 Å². The molecule has 1 amide bonds. The second-order valence-corrected chi connectivity index (χ2v) is 6.95. The fourth-order valence-electron chi connectivity index (χ4n) is 3.51. The van der Waals surface area contributed by atoms with Gasteiger partial charge in [0.25, 0.3) is 0 Å². The van der Waals surface area contributed by atoms with E-state index in [1.807, 2.05) is 30.5 Å². The van der Waals surface area contributed by atoms with Crippen molar-refractivity contribution in [3.63, 3.8) is 0 Å². The molecule has 2 aromatic rings. The van der Waals surface area contributed by atoms with E-state index >= 15 is 0 Å². The molecule has 1 aromatic heterocycles. The Labute approximate surface area is 150 Å². The summed E-state index contributed by atoms with van der Waals surface area (Å²) in [5.74, 6) is 0.119. The first kappa shape index (κ1) is 17.6. The van der Waals surface area contributed by atoms with Crippen molar-refractivity contribution < 1.29 is 4.79 Å². The van der Waals surface area contributed by atoms with Crippen LogP contribution in [0.4, 0.5) is 0 Å². The van der Waals surface area contributed by atoms with Gasteiger partial charge in [-0.05, 0) is 56.6 Å². The maximum atomic E-state index is 13.2. The first-order valence-electron chi connectivity index (χ1n) is 9.10. The Hall–Kier alpha value is -2.20. The Bertz CT molecular complexity index is 689. The van der Waals surface area contributed by atoms with Crippen LogP contribution >= 0.6 is 0 Å². The van der Waals surface area contributed by atoms with Crippen molar-refractivity contribution in [2.24, 2.45) is 0 Å². The second kappa shape index (κ2) is 7.79. The molecule has 1 aliphatic heterocycles. The lowest BCUT2D eigenvalue weighted by Crippen LogP contribution is -2.50. The number of carbonyl (C=O) groups excluding carboxylic acids is 1. The van der Waals surface area contributed by atoms with E-state index in [1.165, 1.54) is 5.56 Å². The highest BCUT2D eigenvalue weighted by Gasteiger charge is 2.42. The smallest absolute Gasteiger partial charge is 0.231 e. The number of benzene rings is 1. The van der Waals surface area contributed by atoms with Gasteiger partial charge in [-0.25, -0.2) is 0 Å². The number of carbonyl (C=O) groups is 1. The summed E-state index contributed by atoms with van der Waals surface area (Å²) in [6.45, 7) is 4.47. The van der Waals surface area contributed by atoms with Gasteiger partial charge in [0.05, 0.1) is 17.7 Å². The summed E-state index contributed by atoms with van der Waals surface area (Å²) < 4.78 is 0. The molecule has 25 heavy (non-hydrogen) atoms. The van der Waals surface area contributed by atoms with Gasteiger partial charge < -0.3 is 10.2 Å². The Morgan fingerprint density at radius 1 is 1.16 bits per heavy atom. The molecule has 1 aromatic carbocycles. The fourth-order valence-corrected chi connectivity index (χ4v) is 3.51. The van der Waals surface area contributed by atoms with E-state index in [0.717, 1.165) is 43.6 Å². The topological polar surface area (TPSA) is 45.2 Å². The second-order valence-electron chi connectivity index (χ2n) is 6.95. The maximum Gasteiger partial charge on any atom is 0.231 e. The molecule has 4 nitrogen and oxygen atoms in total. The highest BCUT2D eigenvalue weighted by molar-refractivity contribution is 5.88. The van der Waals surface area contributed by atoms with Crippen LogP contribution < -0.4 is 5.32 Å². The number of nitrogens with zero attached hydrogens (tertiary/aromatic N) is 2. The number of piperidine rings is 1. The van der Waals surface area contributed by atoms with Crippen LogP contribution in [0, 0.1) is 0 Å². The van der Waals surface area contributed by atoms with Gasteiger partial charge in [-0.2, -0.15) is 0 Å². The summed E-state index contributed by atoms with van der Waals surface area (Å²) in [5.41, 5.74) is 2.81. The number of rotatable bonds is 5. The minimum Gasteiger partial charge on any atom is -0.350 e. The average Bonchev–Trinajstić information content (AvgIpc) is 2.68. The number of aromatic nitrogens is 1. The Balaban J connectivity index is 1.75. The van der Waals surface area contributed by atoms with E-state index in [9.17, 15) is 4.79 Å². The number of pyridine rings is 1. The third kappa shape index (κ3) is 3.90. The first-order valence-corrected chi connectivity index (χ1v) is 9.10. The highest BCUT2D eigenvalue weighted by Crippen LogP contribution is 2.35. The molecule has 0 bridgehead atoms. The lowest BCUT2D eigenvalue weighted by atomic mass is 9.72. The maximum absolute atomic E-state index is 13.2. The number of hydrogen-bond donors (Lipinski definition) is 1. The molecular weight excluding hydrogens is 310 g/mol. The third-order valence-corrected chi connectivity index (χ3v) is 5.33. The molecule has 0 saturated carbocycles. The van der Waals surface area contributed by atoms with Crippen molar-refractivity contribution in [1.82, 2.24) is 15.2 Å². The van der Waals surface area contributed by atoms with Gasteiger partial charge in [0.15, 0.2) is 0 Å². The third-order valence-electron chi connectivity index (χ3n) is 5.33. The zero-order valence-corrected chi connectivity index (χ0v) is 15.2. The van der Waals surface area contributed by atoms with Crippen molar-refractivity contribution in [3.8, 4) is 0 Å². The van der Waals surface area contributed by atoms with Gasteiger partial charge in [-0.1, -0.05) is 43.3 Å². The van der Waals surface area contributed by atoms with Crippen LogP contribution in [0.25, 0.3) is 0 Å². The van der Waals surface area contributed by atoms with E-state index in [0.29, 0.717) is 6.54 Å². The lowest BCUT2D eigenvalue weighted by Gasteiger charge is -2.39. The lowest BCUT2D eigenvalue weighted by molar-refractivity contribution is -0.128. The highest BCUT2D eigenvalue weighted by atomic mass is 16.2. The molecular formula is C21H27N3O. The zero-order chi connectivity index (χ0) is 17.7. The van der Waals surface area contributed by atoms with E-state index in [-0.39, 0.29) is 5.91 Å². The van der Waals surface area contributed by atoms with Crippen LogP contribution in [0.5, 0.6) is 0 Å². The summed E-state index contributed by atoms with van der Waals surface area (Å²) in [7, 11) is 2.12. The molecule has 0 unspecified atom stereocenters. The molecule has 3 rings (SSSR count). The molecule has 0 atom stereocenters. The van der Waals surface area contributed by atoms with Crippen LogP contribution in [0.1, 0.15) is 36.6 Å². The molecule has 4 heteroatoms. The summed E-state index contributed by atoms with van der Waals surface area (Å²) in [6, 6.07) is 14.3. The summed E-state index contributed by atoms with van der Waals surface area (Å²) in [6.07, 6.45) is 4.57. The Morgan fingerprint density at radius 3 is 2.48 bits per heavy atom. The molecule has 1 aliphatic rings. The normalized spacial score (nSPS) is 17.2. The van der Waals surface area contributed by atoms with Crippen molar-refractivity contribution in [3.05, 3.63) is 65.5 Å². The largest absolute Gasteiger partial charge is 0.350 e. The first-order chi connectivity index (χ1) is 12.1. The quantitative estimate of drug-likeness (QED) is 0.912. The van der Waals surface area contributed by atoms with Crippen molar-refractivity contribution >= 4 is 5.91 Å². The van der Waals surface area contributed by atoms with Gasteiger partial charge in [-0.15, -0.1) is 0 Å². The van der Waals surface area contributed by atoms with Crippen LogP contribution in [-0.4, -0.2) is 35.9 Å². The predicted octanol–water partition coefficient (Wildman–Crippen LogP) is 2.92. The van der Waals surface area contributed by atoms with E-state index in [2.05, 4.69) is 47.4 Å². The summed E-state index contributed by atoms with van der Waals surface area (Å²) in [5, 5.41) is 3.14. The van der Waals surface area contributed by atoms with Crippen molar-refractivity contribution in [2.75, 3.05) is 20.1 Å². The Morgan fingerprint density at radius 2 is 1.88 bits per heavy atom. The molecule has 1 N–H and O–H groups in total. The minimum atomic E-state index is -0.433. The van der Waals surface area contributed by atoms with Crippen LogP contribution in [-0.2, 0) is 23.2 Å². The minimum absolute atomic E-state index is 0.119. The fraction of sp³-hybridized carbons (Fsp3) is 0.429. The molecule has 0 aliphatic carbocycles. The van der Waals surface area contributed by atoms with Crippen LogP contribution in [0.2, 0.25) is 0 Å². The van der Waals surface area contributed by atoms with Gasteiger partial charge >= 0.3 is 0 Å². The van der Waals surface area contributed by atoms with E-state index < -0.39 is 5.41 Å². The molecule has 1 saturated heterocycles. The van der Waals surface area contributed by atoms with E-state index in [1.54, 1.807) is 0 Å². The number of nitrogens with one attached hydrogen (secondary N) is 1. The molecule has 1 fully saturated rings. The van der Waals surface area contributed by atoms with Gasteiger partial charge in [-0.3, -0.25) is 9.78 Å². The summed E-state index contributed by atoms with van der Waals surface area (Å²) >= 11 is 0. The number of amides is 1. The average molecular weight is 337 g/mol. The van der Waals surface area contributed by atoms with Gasteiger partial charge in [0.1, 0.15) is 0 Å².